The topological polar surface area (TPSA) is 67.2 Å². The number of aromatic carboxylic acids is 1. The highest BCUT2D eigenvalue weighted by Crippen LogP contribution is 2.40. The van der Waals surface area contributed by atoms with Gasteiger partial charge in [-0.2, -0.15) is 0 Å². The van der Waals surface area contributed by atoms with Crippen LogP contribution in [0.1, 0.15) is 40.4 Å². The molecule has 0 atom stereocenters. The Kier molecular flexibility index (Phi) is 3.30. The van der Waals surface area contributed by atoms with E-state index in [0.29, 0.717) is 11.7 Å². The minimum absolute atomic E-state index is 0.226. The first-order chi connectivity index (χ1) is 11.5. The van der Waals surface area contributed by atoms with Crippen molar-refractivity contribution in [3.05, 3.63) is 53.3 Å². The molecule has 0 saturated heterocycles. The Morgan fingerprint density at radius 1 is 1.29 bits per heavy atom. The summed E-state index contributed by atoms with van der Waals surface area (Å²) in [6.45, 7) is 2.06. The third-order valence-corrected chi connectivity index (χ3v) is 4.73. The molecule has 4 rings (SSSR count). The number of benzene rings is 1. The zero-order valence-corrected chi connectivity index (χ0v) is 13.7. The number of nitrogens with one attached hydrogen (secondary N) is 1. The number of carboxylic acids is 1. The van der Waals surface area contributed by atoms with Gasteiger partial charge in [0.2, 0.25) is 0 Å². The van der Waals surface area contributed by atoms with Crippen LogP contribution in [0.3, 0.4) is 0 Å². The second-order valence-corrected chi connectivity index (χ2v) is 6.49. The predicted octanol–water partition coefficient (Wildman–Crippen LogP) is 4.20. The van der Waals surface area contributed by atoms with Crippen LogP contribution in [0.25, 0.3) is 10.9 Å². The number of carboxylic acid groups (broad SMARTS) is 1. The molecule has 2 heterocycles. The maximum Gasteiger partial charge on any atom is 0.339 e. The number of hydrogen-bond donors (Lipinski definition) is 2. The van der Waals surface area contributed by atoms with Gasteiger partial charge in [0, 0.05) is 35.5 Å². The molecule has 2 aromatic heterocycles. The van der Waals surface area contributed by atoms with E-state index in [-0.39, 0.29) is 5.56 Å². The summed E-state index contributed by atoms with van der Waals surface area (Å²) in [6.07, 6.45) is 4.03. The summed E-state index contributed by atoms with van der Waals surface area (Å²) >= 11 is 0. The van der Waals surface area contributed by atoms with Crippen LogP contribution in [-0.4, -0.2) is 20.6 Å². The van der Waals surface area contributed by atoms with Crippen LogP contribution in [0.15, 0.2) is 36.5 Å². The van der Waals surface area contributed by atoms with E-state index in [4.69, 9.17) is 0 Å². The third-order valence-electron chi connectivity index (χ3n) is 4.73. The highest BCUT2D eigenvalue weighted by molar-refractivity contribution is 5.95. The van der Waals surface area contributed by atoms with Crippen molar-refractivity contribution in [2.75, 3.05) is 5.32 Å². The smallest absolute Gasteiger partial charge is 0.339 e. The molecule has 3 aromatic rings. The first kappa shape index (κ1) is 14.8. The average Bonchev–Trinajstić information content (AvgIpc) is 3.35. The molecule has 5 nitrogen and oxygen atoms in total. The quantitative estimate of drug-likeness (QED) is 0.755. The van der Waals surface area contributed by atoms with E-state index in [0.717, 1.165) is 35.0 Å². The van der Waals surface area contributed by atoms with E-state index in [9.17, 15) is 9.90 Å². The molecule has 0 spiro atoms. The van der Waals surface area contributed by atoms with Gasteiger partial charge in [-0.15, -0.1) is 0 Å². The lowest BCUT2D eigenvalue weighted by Gasteiger charge is -2.10. The Morgan fingerprint density at radius 2 is 2.08 bits per heavy atom. The van der Waals surface area contributed by atoms with Crippen molar-refractivity contribution in [3.8, 4) is 0 Å². The van der Waals surface area contributed by atoms with E-state index in [1.54, 1.807) is 12.3 Å². The van der Waals surface area contributed by atoms with Crippen molar-refractivity contribution >= 4 is 28.4 Å². The van der Waals surface area contributed by atoms with E-state index >= 15 is 0 Å². The monoisotopic (exact) mass is 321 g/mol. The fourth-order valence-corrected chi connectivity index (χ4v) is 3.09. The van der Waals surface area contributed by atoms with Crippen molar-refractivity contribution in [1.29, 1.82) is 0 Å². The van der Waals surface area contributed by atoms with Gasteiger partial charge in [0.05, 0.1) is 0 Å². The van der Waals surface area contributed by atoms with E-state index in [2.05, 4.69) is 27.9 Å². The molecule has 0 amide bonds. The van der Waals surface area contributed by atoms with Gasteiger partial charge < -0.3 is 15.0 Å². The third kappa shape index (κ3) is 2.52. The fraction of sp³-hybridized carbons (Fsp3) is 0.263. The molecule has 122 valence electrons. The van der Waals surface area contributed by atoms with Gasteiger partial charge >= 0.3 is 5.97 Å². The highest BCUT2D eigenvalue weighted by Gasteiger charge is 2.25. The summed E-state index contributed by atoms with van der Waals surface area (Å²) in [5.74, 6) is -0.0867. The summed E-state index contributed by atoms with van der Waals surface area (Å²) in [7, 11) is 2.03. The Balaban J connectivity index is 1.70. The van der Waals surface area contributed by atoms with Crippen LogP contribution < -0.4 is 5.32 Å². The van der Waals surface area contributed by atoms with Crippen LogP contribution in [0.4, 0.5) is 11.5 Å². The molecule has 0 unspecified atom stereocenters. The molecule has 2 N–H and O–H groups in total. The molecule has 1 aromatic carbocycles. The predicted molar refractivity (Wildman–Crippen MR) is 94.1 cm³/mol. The molecule has 0 aliphatic heterocycles. The van der Waals surface area contributed by atoms with Gasteiger partial charge in [0.1, 0.15) is 11.4 Å². The summed E-state index contributed by atoms with van der Waals surface area (Å²) in [4.78, 5) is 15.9. The molecular formula is C19H19N3O2. The van der Waals surface area contributed by atoms with Crippen LogP contribution in [0, 0.1) is 6.92 Å². The lowest BCUT2D eigenvalue weighted by atomic mass is 10.1. The van der Waals surface area contributed by atoms with Crippen molar-refractivity contribution < 1.29 is 9.90 Å². The number of rotatable bonds is 4. The number of aryl methyl sites for hydroxylation is 2. The van der Waals surface area contributed by atoms with Gasteiger partial charge in [0.15, 0.2) is 0 Å². The zero-order chi connectivity index (χ0) is 16.8. The minimum atomic E-state index is -0.955. The van der Waals surface area contributed by atoms with Crippen molar-refractivity contribution in [1.82, 2.24) is 9.55 Å². The SMILES string of the molecule is Cc1cc2cc(Nc3ncc(C4CC4)cc3C(=O)O)ccc2n1C. The Morgan fingerprint density at radius 3 is 2.79 bits per heavy atom. The second kappa shape index (κ2) is 5.37. The first-order valence-corrected chi connectivity index (χ1v) is 8.09. The molecule has 0 bridgehead atoms. The highest BCUT2D eigenvalue weighted by atomic mass is 16.4. The van der Waals surface area contributed by atoms with Gasteiger partial charge in [-0.1, -0.05) is 0 Å². The van der Waals surface area contributed by atoms with Crippen LogP contribution in [0.2, 0.25) is 0 Å². The number of pyridine rings is 1. The summed E-state index contributed by atoms with van der Waals surface area (Å²) in [5.41, 5.74) is 4.41. The average molecular weight is 321 g/mol. The molecule has 1 fully saturated rings. The van der Waals surface area contributed by atoms with Crippen molar-refractivity contribution in [2.24, 2.45) is 7.05 Å². The molecule has 24 heavy (non-hydrogen) atoms. The zero-order valence-electron chi connectivity index (χ0n) is 13.7. The number of nitrogens with zero attached hydrogens (tertiary/aromatic N) is 2. The van der Waals surface area contributed by atoms with Gasteiger partial charge in [-0.25, -0.2) is 9.78 Å². The van der Waals surface area contributed by atoms with Crippen molar-refractivity contribution in [2.45, 2.75) is 25.7 Å². The molecule has 5 heteroatoms. The summed E-state index contributed by atoms with van der Waals surface area (Å²) in [6, 6.07) is 9.86. The first-order valence-electron chi connectivity index (χ1n) is 8.09. The summed E-state index contributed by atoms with van der Waals surface area (Å²) in [5, 5.41) is 13.8. The Bertz CT molecular complexity index is 955. The standard InChI is InChI=1S/C19H19N3O2/c1-11-7-13-8-15(5-6-17(13)22(11)2)21-18-16(19(23)24)9-14(10-20-18)12-3-4-12/h5-10,12H,3-4H2,1-2H3,(H,20,21)(H,23,24). The Hall–Kier alpha value is -2.82. The summed E-state index contributed by atoms with van der Waals surface area (Å²) < 4.78 is 2.13. The fourth-order valence-electron chi connectivity index (χ4n) is 3.09. The number of carbonyl (C=O) groups is 1. The van der Waals surface area contributed by atoms with E-state index in [1.165, 1.54) is 5.69 Å². The van der Waals surface area contributed by atoms with Gasteiger partial charge in [-0.3, -0.25) is 0 Å². The molecule has 0 radical (unpaired) electrons. The molecular weight excluding hydrogens is 302 g/mol. The van der Waals surface area contributed by atoms with E-state index < -0.39 is 5.97 Å². The van der Waals surface area contributed by atoms with Gasteiger partial charge in [-0.05, 0) is 61.6 Å². The van der Waals surface area contributed by atoms with E-state index in [1.807, 2.05) is 25.2 Å². The molecule has 1 aliphatic rings. The minimum Gasteiger partial charge on any atom is -0.478 e. The van der Waals surface area contributed by atoms with Crippen LogP contribution in [-0.2, 0) is 7.05 Å². The number of hydrogen-bond acceptors (Lipinski definition) is 3. The maximum atomic E-state index is 11.6. The van der Waals surface area contributed by atoms with Crippen LogP contribution in [0.5, 0.6) is 0 Å². The molecule has 1 saturated carbocycles. The lowest BCUT2D eigenvalue weighted by Crippen LogP contribution is -2.06. The number of fused-ring (bicyclic) bond motifs is 1. The number of anilines is 2. The largest absolute Gasteiger partial charge is 0.478 e. The van der Waals surface area contributed by atoms with Gasteiger partial charge in [0.25, 0.3) is 0 Å². The number of aromatic nitrogens is 2. The molecule has 1 aliphatic carbocycles. The van der Waals surface area contributed by atoms with Crippen molar-refractivity contribution in [3.63, 3.8) is 0 Å². The maximum absolute atomic E-state index is 11.6. The lowest BCUT2D eigenvalue weighted by molar-refractivity contribution is 0.0697. The van der Waals surface area contributed by atoms with Crippen LogP contribution >= 0.6 is 0 Å². The Labute approximate surface area is 139 Å². The second-order valence-electron chi connectivity index (χ2n) is 6.49. The normalized spacial score (nSPS) is 14.1.